The van der Waals surface area contributed by atoms with Gasteiger partial charge in [0.2, 0.25) is 0 Å². The fourth-order valence-corrected chi connectivity index (χ4v) is 3.65. The van der Waals surface area contributed by atoms with Crippen molar-refractivity contribution in [1.82, 2.24) is 15.6 Å². The second-order valence-corrected chi connectivity index (χ2v) is 8.56. The van der Waals surface area contributed by atoms with Crippen molar-refractivity contribution < 1.29 is 23.5 Å². The van der Waals surface area contributed by atoms with E-state index >= 15 is 0 Å². The molecule has 0 unspecified atom stereocenters. The minimum Gasteiger partial charge on any atom is -0.489 e. The summed E-state index contributed by atoms with van der Waals surface area (Å²) in [6, 6.07) is 12.9. The molecular formula is C29H27FN4O4. The van der Waals surface area contributed by atoms with E-state index in [2.05, 4.69) is 34.0 Å². The van der Waals surface area contributed by atoms with Crippen molar-refractivity contribution in [2.24, 2.45) is 0 Å². The maximum atomic E-state index is 13.2. The Balaban J connectivity index is 1.44. The number of nitrogens with zero attached hydrogens (tertiary/aromatic N) is 2. The van der Waals surface area contributed by atoms with Gasteiger partial charge in [-0.3, -0.25) is 14.6 Å². The molecule has 0 fully saturated rings. The van der Waals surface area contributed by atoms with Crippen molar-refractivity contribution >= 4 is 17.5 Å². The largest absolute Gasteiger partial charge is 0.489 e. The maximum absolute atomic E-state index is 13.2. The summed E-state index contributed by atoms with van der Waals surface area (Å²) in [5.74, 6) is 6.06. The fourth-order valence-electron chi connectivity index (χ4n) is 3.65. The first-order chi connectivity index (χ1) is 18.3. The molecule has 0 bridgehead atoms. The third-order valence-corrected chi connectivity index (χ3v) is 5.73. The summed E-state index contributed by atoms with van der Waals surface area (Å²) in [7, 11) is 3.49. The van der Waals surface area contributed by atoms with E-state index in [-0.39, 0.29) is 24.0 Å². The number of pyridine rings is 1. The molecule has 0 radical (unpaired) electrons. The first-order valence-corrected chi connectivity index (χ1v) is 11.9. The van der Waals surface area contributed by atoms with Crippen LogP contribution < -0.4 is 25.0 Å². The van der Waals surface area contributed by atoms with Crippen molar-refractivity contribution in [1.29, 1.82) is 0 Å². The van der Waals surface area contributed by atoms with Gasteiger partial charge in [0, 0.05) is 24.9 Å². The monoisotopic (exact) mass is 514 g/mol. The standard InChI is InChI=1S/C29H27FN4O4/c1-19(12-14-31-2)4-5-20-6-11-27-26(16-20)34(3)29(36)25(18-37-27)33-28(35)24-17-23(13-15-32-24)38-22-9-7-21(30)8-10-22/h6-11,13,15-17,25,31H,1,12,14,18H2,2-3H3,(H,33,35)/t25-/m1/s1. The number of nitrogens with one attached hydrogen (secondary N) is 2. The fraction of sp³-hybridized carbons (Fsp3) is 0.207. The zero-order valence-electron chi connectivity index (χ0n) is 21.1. The smallest absolute Gasteiger partial charge is 0.270 e. The highest BCUT2D eigenvalue weighted by Crippen LogP contribution is 2.31. The van der Waals surface area contributed by atoms with E-state index in [1.807, 2.05) is 13.1 Å². The molecule has 1 atom stereocenters. The normalized spacial score (nSPS) is 14.3. The van der Waals surface area contributed by atoms with Crippen LogP contribution >= 0.6 is 0 Å². The van der Waals surface area contributed by atoms with Crippen LogP contribution in [0.15, 0.2) is 72.9 Å². The minimum absolute atomic E-state index is 0.0536. The zero-order valence-corrected chi connectivity index (χ0v) is 21.1. The van der Waals surface area contributed by atoms with E-state index in [1.165, 1.54) is 41.4 Å². The molecule has 0 aliphatic carbocycles. The van der Waals surface area contributed by atoms with E-state index in [4.69, 9.17) is 9.47 Å². The second kappa shape index (κ2) is 12.0. The average molecular weight is 515 g/mol. The molecule has 0 spiro atoms. The number of ether oxygens (including phenoxy) is 2. The van der Waals surface area contributed by atoms with Crippen LogP contribution in [-0.4, -0.2) is 50.1 Å². The SMILES string of the molecule is C=C(C#Cc1ccc2c(c1)N(C)C(=O)[C@H](NC(=O)c1cc(Oc3ccc(F)cc3)ccn1)CO2)CCNC. The second-order valence-electron chi connectivity index (χ2n) is 8.56. The average Bonchev–Trinajstić information content (AvgIpc) is 3.04. The highest BCUT2D eigenvalue weighted by Gasteiger charge is 2.31. The summed E-state index contributed by atoms with van der Waals surface area (Å²) in [4.78, 5) is 31.7. The third-order valence-electron chi connectivity index (χ3n) is 5.73. The lowest BCUT2D eigenvalue weighted by molar-refractivity contribution is -0.120. The molecule has 9 heteroatoms. The van der Waals surface area contributed by atoms with E-state index < -0.39 is 11.9 Å². The summed E-state index contributed by atoms with van der Waals surface area (Å²) in [5, 5.41) is 5.75. The number of carbonyl (C=O) groups excluding carboxylic acids is 2. The molecule has 1 aromatic heterocycles. The number of hydrogen-bond donors (Lipinski definition) is 2. The predicted molar refractivity (Wildman–Crippen MR) is 142 cm³/mol. The van der Waals surface area contributed by atoms with Crippen LogP contribution in [0.2, 0.25) is 0 Å². The van der Waals surface area contributed by atoms with Crippen LogP contribution in [-0.2, 0) is 4.79 Å². The highest BCUT2D eigenvalue weighted by molar-refractivity contribution is 6.03. The van der Waals surface area contributed by atoms with Gasteiger partial charge in [-0.1, -0.05) is 18.4 Å². The molecule has 194 valence electrons. The first kappa shape index (κ1) is 26.4. The molecule has 3 aromatic rings. The van der Waals surface area contributed by atoms with Crippen molar-refractivity contribution in [3.63, 3.8) is 0 Å². The van der Waals surface area contributed by atoms with Crippen molar-refractivity contribution in [2.75, 3.05) is 32.1 Å². The van der Waals surface area contributed by atoms with Gasteiger partial charge in [0.05, 0.1) is 5.69 Å². The third kappa shape index (κ3) is 6.55. The van der Waals surface area contributed by atoms with Gasteiger partial charge in [0.25, 0.3) is 11.8 Å². The molecular weight excluding hydrogens is 487 g/mol. The summed E-state index contributed by atoms with van der Waals surface area (Å²) >= 11 is 0. The highest BCUT2D eigenvalue weighted by atomic mass is 19.1. The summed E-state index contributed by atoms with van der Waals surface area (Å²) < 4.78 is 24.7. The van der Waals surface area contributed by atoms with Gasteiger partial charge < -0.3 is 25.0 Å². The Morgan fingerprint density at radius 1 is 1.21 bits per heavy atom. The predicted octanol–water partition coefficient (Wildman–Crippen LogP) is 3.68. The Morgan fingerprint density at radius 3 is 2.76 bits per heavy atom. The van der Waals surface area contributed by atoms with E-state index in [9.17, 15) is 14.0 Å². The molecule has 2 aromatic carbocycles. The molecule has 1 aliphatic rings. The Hall–Kier alpha value is -4.68. The summed E-state index contributed by atoms with van der Waals surface area (Å²) in [5.41, 5.74) is 2.12. The molecule has 2 amide bonds. The maximum Gasteiger partial charge on any atom is 0.270 e. The molecule has 2 N–H and O–H groups in total. The summed E-state index contributed by atoms with van der Waals surface area (Å²) in [6.45, 7) is 4.69. The summed E-state index contributed by atoms with van der Waals surface area (Å²) in [6.07, 6.45) is 2.16. The quantitative estimate of drug-likeness (QED) is 0.468. The van der Waals surface area contributed by atoms with Gasteiger partial charge >= 0.3 is 0 Å². The van der Waals surface area contributed by atoms with Crippen molar-refractivity contribution in [2.45, 2.75) is 12.5 Å². The number of halogens is 1. The number of rotatable bonds is 7. The van der Waals surface area contributed by atoms with Crippen molar-refractivity contribution in [3.05, 3.63) is 90.0 Å². The van der Waals surface area contributed by atoms with Gasteiger partial charge in [0.1, 0.15) is 41.4 Å². The van der Waals surface area contributed by atoms with Crippen LogP contribution in [0.1, 0.15) is 22.5 Å². The van der Waals surface area contributed by atoms with Gasteiger partial charge in [-0.2, -0.15) is 0 Å². The molecule has 8 nitrogen and oxygen atoms in total. The first-order valence-electron chi connectivity index (χ1n) is 11.9. The van der Waals surface area contributed by atoms with Crippen LogP contribution in [0.4, 0.5) is 10.1 Å². The Morgan fingerprint density at radius 2 is 2.00 bits per heavy atom. The molecule has 2 heterocycles. The lowest BCUT2D eigenvalue weighted by atomic mass is 10.1. The number of hydrogen-bond acceptors (Lipinski definition) is 6. The Bertz CT molecular complexity index is 1410. The van der Waals surface area contributed by atoms with E-state index in [1.54, 1.807) is 25.2 Å². The molecule has 0 saturated heterocycles. The van der Waals surface area contributed by atoms with E-state index in [0.29, 0.717) is 28.5 Å². The number of likely N-dealkylation sites (N-methyl/N-ethyl adjacent to an activating group) is 1. The Labute approximate surface area is 220 Å². The lowest BCUT2D eigenvalue weighted by Gasteiger charge is -2.20. The van der Waals surface area contributed by atoms with Crippen LogP contribution in [0.25, 0.3) is 0 Å². The topological polar surface area (TPSA) is 92.8 Å². The number of carbonyl (C=O) groups is 2. The molecule has 4 rings (SSSR count). The Kier molecular flexibility index (Phi) is 8.36. The van der Waals surface area contributed by atoms with Crippen LogP contribution in [0.5, 0.6) is 17.2 Å². The lowest BCUT2D eigenvalue weighted by Crippen LogP contribution is -2.49. The zero-order chi connectivity index (χ0) is 27.1. The van der Waals surface area contributed by atoms with Gasteiger partial charge in [-0.25, -0.2) is 4.39 Å². The number of benzene rings is 2. The number of fused-ring (bicyclic) bond motifs is 1. The van der Waals surface area contributed by atoms with Crippen molar-refractivity contribution in [3.8, 4) is 29.1 Å². The van der Waals surface area contributed by atoms with Crippen LogP contribution in [0.3, 0.4) is 0 Å². The minimum atomic E-state index is -0.945. The van der Waals surface area contributed by atoms with Gasteiger partial charge in [-0.05, 0) is 74.1 Å². The van der Waals surface area contributed by atoms with Gasteiger partial charge in [-0.15, -0.1) is 0 Å². The molecule has 0 saturated carbocycles. The van der Waals surface area contributed by atoms with Crippen LogP contribution in [0, 0.1) is 17.7 Å². The molecule has 1 aliphatic heterocycles. The van der Waals surface area contributed by atoms with Gasteiger partial charge in [0.15, 0.2) is 0 Å². The number of amides is 2. The molecule has 38 heavy (non-hydrogen) atoms. The number of anilines is 1. The van der Waals surface area contributed by atoms with E-state index in [0.717, 1.165) is 18.5 Å². The number of aromatic nitrogens is 1.